The molecule has 1 aliphatic rings. The van der Waals surface area contributed by atoms with Gasteiger partial charge in [0.05, 0.1) is 11.4 Å². The quantitative estimate of drug-likeness (QED) is 0.640. The van der Waals surface area contributed by atoms with Crippen molar-refractivity contribution in [3.8, 4) is 11.5 Å². The standard InChI is InChI=1S/C17H22N4O/c1-4-21(5-2)14-7-6-13-17(10(14)3)22-15-9-11(18)8-12(19)16(15)20-13/h6-9,20H,4-5,18-19H2,1-3H3. The summed E-state index contributed by atoms with van der Waals surface area (Å²) in [4.78, 5) is 2.31. The molecule has 0 aromatic heterocycles. The third kappa shape index (κ3) is 2.19. The van der Waals surface area contributed by atoms with Crippen LogP contribution in [0.4, 0.5) is 28.4 Å². The van der Waals surface area contributed by atoms with Gasteiger partial charge in [-0.2, -0.15) is 0 Å². The fourth-order valence-corrected chi connectivity index (χ4v) is 2.94. The smallest absolute Gasteiger partial charge is 0.155 e. The Bertz CT molecular complexity index is 723. The Morgan fingerprint density at radius 3 is 2.55 bits per heavy atom. The molecule has 0 spiro atoms. The third-order valence-corrected chi connectivity index (χ3v) is 4.11. The Balaban J connectivity index is 2.08. The minimum Gasteiger partial charge on any atom is -0.452 e. The molecule has 0 saturated heterocycles. The maximum atomic E-state index is 6.10. The maximum absolute atomic E-state index is 6.10. The lowest BCUT2D eigenvalue weighted by Crippen LogP contribution is -2.23. The van der Waals surface area contributed by atoms with Crippen molar-refractivity contribution in [2.24, 2.45) is 0 Å². The predicted octanol–water partition coefficient (Wildman–Crippen LogP) is 3.85. The zero-order chi connectivity index (χ0) is 15.9. The van der Waals surface area contributed by atoms with Crippen LogP contribution in [0.1, 0.15) is 19.4 Å². The molecule has 1 heterocycles. The SMILES string of the molecule is CCN(CC)c1ccc2c(c1C)Oc1cc(N)cc(N)c1N2. The van der Waals surface area contributed by atoms with Crippen molar-refractivity contribution >= 4 is 28.4 Å². The van der Waals surface area contributed by atoms with Crippen LogP contribution in [0.2, 0.25) is 0 Å². The van der Waals surface area contributed by atoms with E-state index >= 15 is 0 Å². The number of anilines is 5. The van der Waals surface area contributed by atoms with Crippen LogP contribution < -0.4 is 26.4 Å². The highest BCUT2D eigenvalue weighted by atomic mass is 16.5. The molecule has 0 aliphatic carbocycles. The summed E-state index contributed by atoms with van der Waals surface area (Å²) < 4.78 is 6.10. The summed E-state index contributed by atoms with van der Waals surface area (Å²) in [6.07, 6.45) is 0. The Morgan fingerprint density at radius 1 is 1.14 bits per heavy atom. The lowest BCUT2D eigenvalue weighted by atomic mass is 10.1. The van der Waals surface area contributed by atoms with Crippen LogP contribution in [0.15, 0.2) is 24.3 Å². The molecule has 0 unspecified atom stereocenters. The van der Waals surface area contributed by atoms with Gasteiger partial charge in [-0.15, -0.1) is 0 Å². The van der Waals surface area contributed by atoms with Gasteiger partial charge in [-0.1, -0.05) is 0 Å². The van der Waals surface area contributed by atoms with Crippen LogP contribution in [0.25, 0.3) is 0 Å². The van der Waals surface area contributed by atoms with Crippen LogP contribution in [-0.2, 0) is 0 Å². The number of benzene rings is 2. The zero-order valence-electron chi connectivity index (χ0n) is 13.2. The number of hydrogen-bond donors (Lipinski definition) is 3. The van der Waals surface area contributed by atoms with Gasteiger partial charge < -0.3 is 26.4 Å². The van der Waals surface area contributed by atoms with E-state index < -0.39 is 0 Å². The molecule has 2 aromatic carbocycles. The summed E-state index contributed by atoms with van der Waals surface area (Å²) in [7, 11) is 0. The number of nitrogens with zero attached hydrogens (tertiary/aromatic N) is 1. The summed E-state index contributed by atoms with van der Waals surface area (Å²) in [5, 5.41) is 3.35. The van der Waals surface area contributed by atoms with Crippen molar-refractivity contribution in [1.29, 1.82) is 0 Å². The number of ether oxygens (including phenoxy) is 1. The molecule has 5 N–H and O–H groups in total. The highest BCUT2D eigenvalue weighted by Gasteiger charge is 2.23. The average molecular weight is 298 g/mol. The fraction of sp³-hybridized carbons (Fsp3) is 0.294. The molecule has 3 rings (SSSR count). The number of fused-ring (bicyclic) bond motifs is 2. The highest BCUT2D eigenvalue weighted by molar-refractivity contribution is 5.88. The van der Waals surface area contributed by atoms with Crippen molar-refractivity contribution in [3.63, 3.8) is 0 Å². The minimum absolute atomic E-state index is 0.589. The number of nitrogens with two attached hydrogens (primary N) is 2. The van der Waals surface area contributed by atoms with Crippen molar-refractivity contribution in [2.45, 2.75) is 20.8 Å². The van der Waals surface area contributed by atoms with E-state index in [1.54, 1.807) is 12.1 Å². The van der Waals surface area contributed by atoms with Crippen LogP contribution in [0, 0.1) is 6.92 Å². The van der Waals surface area contributed by atoms with E-state index in [2.05, 4.69) is 37.1 Å². The largest absolute Gasteiger partial charge is 0.452 e. The normalized spacial score (nSPS) is 12.0. The van der Waals surface area contributed by atoms with Gasteiger partial charge in [0.2, 0.25) is 0 Å². The second-order valence-corrected chi connectivity index (χ2v) is 5.47. The monoisotopic (exact) mass is 298 g/mol. The van der Waals surface area contributed by atoms with E-state index in [0.717, 1.165) is 35.8 Å². The molecule has 0 amide bonds. The molecule has 0 bridgehead atoms. The van der Waals surface area contributed by atoms with Crippen LogP contribution in [0.3, 0.4) is 0 Å². The Hall–Kier alpha value is -2.56. The summed E-state index contributed by atoms with van der Waals surface area (Å²) in [5.74, 6) is 1.51. The Kier molecular flexibility index (Phi) is 3.48. The molecule has 5 heteroatoms. The van der Waals surface area contributed by atoms with Crippen LogP contribution >= 0.6 is 0 Å². The maximum Gasteiger partial charge on any atom is 0.155 e. The van der Waals surface area contributed by atoms with Crippen molar-refractivity contribution in [2.75, 3.05) is 34.8 Å². The molecule has 0 atom stereocenters. The molecular formula is C17H22N4O. The summed E-state index contributed by atoms with van der Waals surface area (Å²) in [6.45, 7) is 8.30. The molecular weight excluding hydrogens is 276 g/mol. The first-order valence-corrected chi connectivity index (χ1v) is 7.57. The van der Waals surface area contributed by atoms with Crippen LogP contribution in [0.5, 0.6) is 11.5 Å². The van der Waals surface area contributed by atoms with Gasteiger partial charge in [-0.25, -0.2) is 0 Å². The second kappa shape index (κ2) is 5.33. The third-order valence-electron chi connectivity index (χ3n) is 4.11. The van der Waals surface area contributed by atoms with Crippen molar-refractivity contribution < 1.29 is 4.74 Å². The first kappa shape index (κ1) is 14.4. The number of nitrogens with one attached hydrogen (secondary N) is 1. The number of rotatable bonds is 3. The van der Waals surface area contributed by atoms with E-state index in [1.807, 2.05) is 6.07 Å². The first-order valence-electron chi connectivity index (χ1n) is 7.57. The van der Waals surface area contributed by atoms with Crippen molar-refractivity contribution in [3.05, 3.63) is 29.8 Å². The zero-order valence-corrected chi connectivity index (χ0v) is 13.2. The Morgan fingerprint density at radius 2 is 1.86 bits per heavy atom. The van der Waals surface area contributed by atoms with E-state index in [0.29, 0.717) is 17.1 Å². The molecule has 2 aromatic rings. The summed E-state index contributed by atoms with van der Waals surface area (Å²) in [5.41, 5.74) is 17.1. The molecule has 0 fully saturated rings. The Labute approximate surface area is 130 Å². The van der Waals surface area contributed by atoms with Gasteiger partial charge in [0.25, 0.3) is 0 Å². The molecule has 22 heavy (non-hydrogen) atoms. The van der Waals surface area contributed by atoms with Gasteiger partial charge in [0, 0.05) is 36.1 Å². The van der Waals surface area contributed by atoms with Gasteiger partial charge >= 0.3 is 0 Å². The minimum atomic E-state index is 0.589. The van der Waals surface area contributed by atoms with Gasteiger partial charge in [-0.05, 0) is 39.0 Å². The van der Waals surface area contributed by atoms with E-state index in [4.69, 9.17) is 16.2 Å². The second-order valence-electron chi connectivity index (χ2n) is 5.47. The molecule has 0 radical (unpaired) electrons. The summed E-state index contributed by atoms with van der Waals surface area (Å²) >= 11 is 0. The number of nitrogen functional groups attached to an aromatic ring is 2. The molecule has 0 saturated carbocycles. The van der Waals surface area contributed by atoms with Crippen molar-refractivity contribution in [1.82, 2.24) is 0 Å². The lowest BCUT2D eigenvalue weighted by Gasteiger charge is -2.29. The predicted molar refractivity (Wildman–Crippen MR) is 93.4 cm³/mol. The van der Waals surface area contributed by atoms with Gasteiger partial charge in [-0.3, -0.25) is 0 Å². The topological polar surface area (TPSA) is 76.5 Å². The average Bonchev–Trinajstić information content (AvgIpc) is 2.49. The van der Waals surface area contributed by atoms with Gasteiger partial charge in [0.15, 0.2) is 11.5 Å². The van der Waals surface area contributed by atoms with E-state index in [9.17, 15) is 0 Å². The van der Waals surface area contributed by atoms with Gasteiger partial charge in [0.1, 0.15) is 5.69 Å². The van der Waals surface area contributed by atoms with E-state index in [-0.39, 0.29) is 0 Å². The highest BCUT2D eigenvalue weighted by Crippen LogP contribution is 2.48. The first-order chi connectivity index (χ1) is 10.5. The van der Waals surface area contributed by atoms with E-state index in [1.165, 1.54) is 5.69 Å². The molecule has 1 aliphatic heterocycles. The van der Waals surface area contributed by atoms with Crippen LogP contribution in [-0.4, -0.2) is 13.1 Å². The fourth-order valence-electron chi connectivity index (χ4n) is 2.94. The molecule has 116 valence electrons. The lowest BCUT2D eigenvalue weighted by molar-refractivity contribution is 0.478. The summed E-state index contributed by atoms with van der Waals surface area (Å²) in [6, 6.07) is 7.69. The number of hydrogen-bond acceptors (Lipinski definition) is 5. The molecule has 5 nitrogen and oxygen atoms in total.